The quantitative estimate of drug-likeness (QED) is 0.859. The van der Waals surface area contributed by atoms with Crippen LogP contribution in [0.2, 0.25) is 0 Å². The molecule has 1 fully saturated rings. The average Bonchev–Trinajstić information content (AvgIpc) is 2.81. The second-order valence-corrected chi connectivity index (χ2v) is 5.42. The monoisotopic (exact) mass is 277 g/mol. The molecule has 1 aliphatic rings. The zero-order valence-electron chi connectivity index (χ0n) is 10.4. The minimum absolute atomic E-state index is 0.229. The summed E-state index contributed by atoms with van der Waals surface area (Å²) >= 11 is 1.96. The van der Waals surface area contributed by atoms with Crippen LogP contribution in [0.5, 0.6) is 0 Å². The van der Waals surface area contributed by atoms with Crippen molar-refractivity contribution in [3.05, 3.63) is 18.5 Å². The van der Waals surface area contributed by atoms with E-state index < -0.39 is 0 Å². The Bertz CT molecular complexity index is 534. The standard InChI is InChI=1S/C11H15N7S/c12-9-14-10(17-4-2-7-19-8-6-17)16-11(15-9)18-5-1-3-13-18/h1,3,5H,2,4,6-8H2,(H2,12,14,15,16). The van der Waals surface area contributed by atoms with Gasteiger partial charge in [0, 0.05) is 31.2 Å². The van der Waals surface area contributed by atoms with E-state index in [0.717, 1.165) is 25.3 Å². The predicted molar refractivity (Wildman–Crippen MR) is 75.5 cm³/mol. The highest BCUT2D eigenvalue weighted by molar-refractivity contribution is 7.99. The van der Waals surface area contributed by atoms with E-state index in [1.54, 1.807) is 17.1 Å². The number of hydrogen-bond donors (Lipinski definition) is 1. The Morgan fingerprint density at radius 1 is 1.11 bits per heavy atom. The zero-order chi connectivity index (χ0) is 13.1. The molecule has 2 N–H and O–H groups in total. The van der Waals surface area contributed by atoms with Crippen LogP contribution in [0.4, 0.5) is 11.9 Å². The molecule has 2 aromatic rings. The van der Waals surface area contributed by atoms with Gasteiger partial charge in [-0.15, -0.1) is 0 Å². The number of aromatic nitrogens is 5. The summed E-state index contributed by atoms with van der Waals surface area (Å²) < 4.78 is 1.59. The number of nitrogens with two attached hydrogens (primary N) is 1. The number of thioether (sulfide) groups is 1. The number of rotatable bonds is 2. The van der Waals surface area contributed by atoms with Gasteiger partial charge in [-0.1, -0.05) is 0 Å². The molecule has 1 saturated heterocycles. The van der Waals surface area contributed by atoms with Crippen molar-refractivity contribution in [2.24, 2.45) is 0 Å². The van der Waals surface area contributed by atoms with Crippen LogP contribution >= 0.6 is 11.8 Å². The fourth-order valence-corrected chi connectivity index (χ4v) is 2.83. The van der Waals surface area contributed by atoms with Crippen LogP contribution in [0.3, 0.4) is 0 Å². The molecule has 3 heterocycles. The van der Waals surface area contributed by atoms with Crippen molar-refractivity contribution in [3.8, 4) is 5.95 Å². The summed E-state index contributed by atoms with van der Waals surface area (Å²) in [5.74, 6) is 3.60. The van der Waals surface area contributed by atoms with Gasteiger partial charge in [0.1, 0.15) is 0 Å². The fourth-order valence-electron chi connectivity index (χ4n) is 1.95. The first-order valence-corrected chi connectivity index (χ1v) is 7.33. The van der Waals surface area contributed by atoms with E-state index in [-0.39, 0.29) is 5.95 Å². The average molecular weight is 277 g/mol. The molecule has 3 rings (SSSR count). The van der Waals surface area contributed by atoms with Gasteiger partial charge in [-0.05, 0) is 18.2 Å². The van der Waals surface area contributed by atoms with E-state index in [1.807, 2.05) is 17.8 Å². The largest absolute Gasteiger partial charge is 0.368 e. The summed E-state index contributed by atoms with van der Waals surface area (Å²) in [5, 5.41) is 4.12. The summed E-state index contributed by atoms with van der Waals surface area (Å²) in [4.78, 5) is 15.0. The Morgan fingerprint density at radius 3 is 2.84 bits per heavy atom. The van der Waals surface area contributed by atoms with Crippen LogP contribution < -0.4 is 10.6 Å². The molecule has 8 heteroatoms. The van der Waals surface area contributed by atoms with Gasteiger partial charge in [-0.2, -0.15) is 31.8 Å². The zero-order valence-corrected chi connectivity index (χ0v) is 11.3. The highest BCUT2D eigenvalue weighted by Crippen LogP contribution is 2.16. The van der Waals surface area contributed by atoms with Crippen molar-refractivity contribution < 1.29 is 0 Å². The van der Waals surface area contributed by atoms with Crippen molar-refractivity contribution >= 4 is 23.7 Å². The van der Waals surface area contributed by atoms with Gasteiger partial charge in [0.05, 0.1) is 0 Å². The molecule has 2 aromatic heterocycles. The van der Waals surface area contributed by atoms with Gasteiger partial charge in [0.25, 0.3) is 5.95 Å². The van der Waals surface area contributed by atoms with Crippen LogP contribution in [-0.4, -0.2) is 49.3 Å². The van der Waals surface area contributed by atoms with Crippen LogP contribution in [0.15, 0.2) is 18.5 Å². The lowest BCUT2D eigenvalue weighted by Crippen LogP contribution is -2.28. The lowest BCUT2D eigenvalue weighted by Gasteiger charge is -2.20. The van der Waals surface area contributed by atoms with Gasteiger partial charge in [0.15, 0.2) is 0 Å². The van der Waals surface area contributed by atoms with Gasteiger partial charge in [-0.3, -0.25) is 0 Å². The van der Waals surface area contributed by atoms with Gasteiger partial charge < -0.3 is 10.6 Å². The summed E-state index contributed by atoms with van der Waals surface area (Å²) in [7, 11) is 0. The molecule has 1 aliphatic heterocycles. The number of anilines is 2. The van der Waals surface area contributed by atoms with Crippen LogP contribution in [-0.2, 0) is 0 Å². The number of hydrogen-bond acceptors (Lipinski definition) is 7. The highest BCUT2D eigenvalue weighted by Gasteiger charge is 2.15. The molecule has 7 nitrogen and oxygen atoms in total. The molecule has 0 bridgehead atoms. The van der Waals surface area contributed by atoms with E-state index >= 15 is 0 Å². The molecular weight excluding hydrogens is 262 g/mol. The molecule has 0 amide bonds. The Morgan fingerprint density at radius 2 is 2.00 bits per heavy atom. The summed E-state index contributed by atoms with van der Waals surface area (Å²) in [6.07, 6.45) is 4.60. The van der Waals surface area contributed by atoms with Gasteiger partial charge in [0.2, 0.25) is 11.9 Å². The minimum atomic E-state index is 0.229. The van der Waals surface area contributed by atoms with Gasteiger partial charge in [-0.25, -0.2) is 4.68 Å². The number of nitrogen functional groups attached to an aromatic ring is 1. The summed E-state index contributed by atoms with van der Waals surface area (Å²) in [6.45, 7) is 1.89. The van der Waals surface area contributed by atoms with Crippen LogP contribution in [0.25, 0.3) is 5.95 Å². The lowest BCUT2D eigenvalue weighted by molar-refractivity contribution is 0.749. The molecule has 0 radical (unpaired) electrons. The minimum Gasteiger partial charge on any atom is -0.368 e. The maximum atomic E-state index is 5.78. The van der Waals surface area contributed by atoms with Crippen molar-refractivity contribution in [3.63, 3.8) is 0 Å². The first-order valence-electron chi connectivity index (χ1n) is 6.17. The summed E-state index contributed by atoms with van der Waals surface area (Å²) in [5.41, 5.74) is 5.78. The Kier molecular flexibility index (Phi) is 3.49. The van der Waals surface area contributed by atoms with Crippen molar-refractivity contribution in [1.82, 2.24) is 24.7 Å². The topological polar surface area (TPSA) is 85.8 Å². The number of nitrogens with zero attached hydrogens (tertiary/aromatic N) is 6. The van der Waals surface area contributed by atoms with Crippen molar-refractivity contribution in [1.29, 1.82) is 0 Å². The molecule has 0 aliphatic carbocycles. The Balaban J connectivity index is 1.92. The smallest absolute Gasteiger partial charge is 0.257 e. The second kappa shape index (κ2) is 5.43. The highest BCUT2D eigenvalue weighted by atomic mass is 32.2. The van der Waals surface area contributed by atoms with Crippen LogP contribution in [0.1, 0.15) is 6.42 Å². The van der Waals surface area contributed by atoms with E-state index in [2.05, 4.69) is 25.0 Å². The van der Waals surface area contributed by atoms with Gasteiger partial charge >= 0.3 is 0 Å². The van der Waals surface area contributed by atoms with E-state index in [4.69, 9.17) is 5.73 Å². The molecule has 0 atom stereocenters. The molecule has 0 aromatic carbocycles. The van der Waals surface area contributed by atoms with E-state index in [9.17, 15) is 0 Å². The third-order valence-corrected chi connectivity index (χ3v) is 3.89. The van der Waals surface area contributed by atoms with Crippen molar-refractivity contribution in [2.75, 3.05) is 35.2 Å². The molecule has 0 saturated carbocycles. The molecule has 19 heavy (non-hydrogen) atoms. The molecular formula is C11H15N7S. The van der Waals surface area contributed by atoms with E-state index in [0.29, 0.717) is 11.9 Å². The van der Waals surface area contributed by atoms with Crippen molar-refractivity contribution in [2.45, 2.75) is 6.42 Å². The third-order valence-electron chi connectivity index (χ3n) is 2.84. The first-order chi connectivity index (χ1) is 9.33. The first kappa shape index (κ1) is 12.2. The molecule has 0 unspecified atom stereocenters. The maximum absolute atomic E-state index is 5.78. The second-order valence-electron chi connectivity index (χ2n) is 4.20. The molecule has 100 valence electrons. The van der Waals surface area contributed by atoms with Crippen LogP contribution in [0, 0.1) is 0 Å². The Hall–Kier alpha value is -1.83. The van der Waals surface area contributed by atoms with E-state index in [1.165, 1.54) is 5.75 Å². The predicted octanol–water partition coefficient (Wildman–Crippen LogP) is 0.583. The normalized spacial score (nSPS) is 16.3. The maximum Gasteiger partial charge on any atom is 0.257 e. The molecule has 0 spiro atoms. The SMILES string of the molecule is Nc1nc(N2CCCSCC2)nc(-n2cccn2)n1. The summed E-state index contributed by atoms with van der Waals surface area (Å²) in [6, 6.07) is 1.82. The third kappa shape index (κ3) is 2.78. The lowest BCUT2D eigenvalue weighted by atomic mass is 10.4. The Labute approximate surface area is 115 Å². The fraction of sp³-hybridized carbons (Fsp3) is 0.455.